The number of anilines is 2. The molecule has 0 radical (unpaired) electrons. The second-order valence-corrected chi connectivity index (χ2v) is 7.21. The van der Waals surface area contributed by atoms with E-state index < -0.39 is 0 Å². The molecular formula is C22H22N6O3. The lowest BCUT2D eigenvalue weighted by atomic mass is 10.2. The number of amides is 2. The summed E-state index contributed by atoms with van der Waals surface area (Å²) in [5.41, 5.74) is 3.46. The molecule has 0 atom stereocenters. The number of aryl methyl sites for hydroxylation is 3. The Labute approximate surface area is 178 Å². The average molecular weight is 418 g/mol. The number of aromatic nitrogens is 4. The monoisotopic (exact) mass is 418 g/mol. The molecule has 0 aliphatic rings. The number of nitrogens with one attached hydrogen (secondary N) is 2. The fourth-order valence-corrected chi connectivity index (χ4v) is 3.13. The Balaban J connectivity index is 1.36. The summed E-state index contributed by atoms with van der Waals surface area (Å²) < 4.78 is 9.06. The number of furan rings is 1. The van der Waals surface area contributed by atoms with Gasteiger partial charge in [-0.3, -0.25) is 19.0 Å². The maximum Gasteiger partial charge on any atom is 0.291 e. The molecule has 0 unspecified atom stereocenters. The molecule has 0 saturated heterocycles. The summed E-state index contributed by atoms with van der Waals surface area (Å²) in [4.78, 5) is 24.6. The van der Waals surface area contributed by atoms with Gasteiger partial charge in [0, 0.05) is 30.3 Å². The van der Waals surface area contributed by atoms with Crippen LogP contribution in [0.2, 0.25) is 0 Å². The lowest BCUT2D eigenvalue weighted by Crippen LogP contribution is -2.13. The van der Waals surface area contributed by atoms with Gasteiger partial charge in [-0.15, -0.1) is 0 Å². The first-order chi connectivity index (χ1) is 14.9. The molecule has 0 spiro atoms. The van der Waals surface area contributed by atoms with E-state index in [9.17, 15) is 9.59 Å². The van der Waals surface area contributed by atoms with Gasteiger partial charge in [-0.2, -0.15) is 10.2 Å². The molecule has 4 aromatic rings. The number of rotatable bonds is 6. The minimum absolute atomic E-state index is 0.212. The zero-order valence-electron chi connectivity index (χ0n) is 17.4. The Kier molecular flexibility index (Phi) is 5.40. The molecule has 0 aliphatic carbocycles. The third-order valence-corrected chi connectivity index (χ3v) is 4.64. The molecular weight excluding hydrogens is 396 g/mol. The highest BCUT2D eigenvalue weighted by atomic mass is 16.4. The first-order valence-electron chi connectivity index (χ1n) is 9.69. The van der Waals surface area contributed by atoms with Crippen LogP contribution < -0.4 is 10.6 Å². The third-order valence-electron chi connectivity index (χ3n) is 4.64. The van der Waals surface area contributed by atoms with Gasteiger partial charge in [0.25, 0.3) is 11.8 Å². The van der Waals surface area contributed by atoms with Crippen molar-refractivity contribution >= 4 is 23.2 Å². The molecule has 0 bridgehead atoms. The van der Waals surface area contributed by atoms with Gasteiger partial charge in [-0.05, 0) is 62.4 Å². The molecule has 9 nitrogen and oxygen atoms in total. The molecule has 1 aromatic carbocycles. The smallest absolute Gasteiger partial charge is 0.291 e. The summed E-state index contributed by atoms with van der Waals surface area (Å²) in [6, 6.07) is 13.8. The molecule has 0 saturated carbocycles. The van der Waals surface area contributed by atoms with Crippen molar-refractivity contribution in [1.29, 1.82) is 0 Å². The van der Waals surface area contributed by atoms with Crippen LogP contribution in [0.3, 0.4) is 0 Å². The van der Waals surface area contributed by atoms with Crippen molar-refractivity contribution in [3.8, 4) is 0 Å². The second kappa shape index (κ2) is 8.31. The Morgan fingerprint density at radius 3 is 2.19 bits per heavy atom. The highest BCUT2D eigenvalue weighted by Crippen LogP contribution is 2.17. The zero-order chi connectivity index (χ0) is 22.0. The molecule has 0 fully saturated rings. The fraction of sp³-hybridized carbons (Fsp3) is 0.182. The van der Waals surface area contributed by atoms with E-state index in [1.54, 1.807) is 60.4 Å². The van der Waals surface area contributed by atoms with Gasteiger partial charge in [0.1, 0.15) is 5.76 Å². The summed E-state index contributed by atoms with van der Waals surface area (Å²) in [5, 5.41) is 14.0. The van der Waals surface area contributed by atoms with E-state index in [0.29, 0.717) is 29.4 Å². The molecule has 31 heavy (non-hydrogen) atoms. The first kappa shape index (κ1) is 20.1. The van der Waals surface area contributed by atoms with Crippen molar-refractivity contribution < 1.29 is 14.0 Å². The van der Waals surface area contributed by atoms with Crippen molar-refractivity contribution in [2.24, 2.45) is 7.05 Å². The summed E-state index contributed by atoms with van der Waals surface area (Å²) in [6.07, 6.45) is 1.70. The second-order valence-electron chi connectivity index (χ2n) is 7.21. The highest BCUT2D eigenvalue weighted by molar-refractivity contribution is 6.04. The Morgan fingerprint density at radius 1 is 0.935 bits per heavy atom. The van der Waals surface area contributed by atoms with Gasteiger partial charge in [0.2, 0.25) is 0 Å². The SMILES string of the molecule is Cc1cc(C)n(Cc2ccc(C(=O)Nc3ccc(NC(=O)c4ccn(C)n4)cc3)o2)n1. The number of hydrogen-bond donors (Lipinski definition) is 2. The van der Waals surface area contributed by atoms with Crippen LogP contribution in [0.15, 0.2) is 59.1 Å². The van der Waals surface area contributed by atoms with Crippen LogP contribution in [0.25, 0.3) is 0 Å². The van der Waals surface area contributed by atoms with E-state index >= 15 is 0 Å². The molecule has 2 amide bonds. The predicted octanol–water partition coefficient (Wildman–Crippen LogP) is 3.38. The number of carbonyl (C=O) groups is 2. The third kappa shape index (κ3) is 4.72. The topological polar surface area (TPSA) is 107 Å². The summed E-state index contributed by atoms with van der Waals surface area (Å²) in [5.74, 6) is 0.195. The van der Waals surface area contributed by atoms with Gasteiger partial charge in [0.15, 0.2) is 11.5 Å². The summed E-state index contributed by atoms with van der Waals surface area (Å²) in [6.45, 7) is 4.36. The van der Waals surface area contributed by atoms with Crippen LogP contribution in [-0.2, 0) is 13.6 Å². The van der Waals surface area contributed by atoms with E-state index in [0.717, 1.165) is 11.4 Å². The van der Waals surface area contributed by atoms with Crippen LogP contribution in [0.4, 0.5) is 11.4 Å². The highest BCUT2D eigenvalue weighted by Gasteiger charge is 2.13. The molecule has 0 aliphatic heterocycles. The summed E-state index contributed by atoms with van der Waals surface area (Å²) >= 11 is 0. The van der Waals surface area contributed by atoms with E-state index in [-0.39, 0.29) is 17.6 Å². The van der Waals surface area contributed by atoms with Crippen molar-refractivity contribution in [1.82, 2.24) is 19.6 Å². The molecule has 2 N–H and O–H groups in total. The van der Waals surface area contributed by atoms with Crippen LogP contribution >= 0.6 is 0 Å². The van der Waals surface area contributed by atoms with Gasteiger partial charge in [0.05, 0.1) is 12.2 Å². The van der Waals surface area contributed by atoms with Gasteiger partial charge < -0.3 is 15.1 Å². The van der Waals surface area contributed by atoms with E-state index in [1.807, 2.05) is 24.6 Å². The Bertz CT molecular complexity index is 1230. The average Bonchev–Trinajstić information content (AvgIpc) is 3.44. The maximum absolute atomic E-state index is 12.5. The van der Waals surface area contributed by atoms with Crippen molar-refractivity contribution in [2.75, 3.05) is 10.6 Å². The molecule has 4 rings (SSSR count). The van der Waals surface area contributed by atoms with Crippen molar-refractivity contribution in [3.63, 3.8) is 0 Å². The van der Waals surface area contributed by atoms with Crippen molar-refractivity contribution in [2.45, 2.75) is 20.4 Å². The van der Waals surface area contributed by atoms with E-state index in [1.165, 1.54) is 0 Å². The lowest BCUT2D eigenvalue weighted by Gasteiger charge is -2.06. The zero-order valence-corrected chi connectivity index (χ0v) is 17.4. The number of benzene rings is 1. The number of nitrogens with zero attached hydrogens (tertiary/aromatic N) is 4. The predicted molar refractivity (Wildman–Crippen MR) is 115 cm³/mol. The molecule has 3 heterocycles. The van der Waals surface area contributed by atoms with Crippen LogP contribution in [0.1, 0.15) is 38.2 Å². The number of hydrogen-bond acceptors (Lipinski definition) is 5. The Hall–Kier alpha value is -4.14. The van der Waals surface area contributed by atoms with E-state index in [2.05, 4.69) is 20.8 Å². The molecule has 3 aromatic heterocycles. The Morgan fingerprint density at radius 2 is 1.61 bits per heavy atom. The largest absolute Gasteiger partial charge is 0.454 e. The van der Waals surface area contributed by atoms with Crippen molar-refractivity contribution in [3.05, 3.63) is 83.3 Å². The molecule has 9 heteroatoms. The van der Waals surface area contributed by atoms with Gasteiger partial charge in [-0.1, -0.05) is 0 Å². The minimum atomic E-state index is -0.357. The normalized spacial score (nSPS) is 10.8. The minimum Gasteiger partial charge on any atom is -0.454 e. The van der Waals surface area contributed by atoms with Gasteiger partial charge >= 0.3 is 0 Å². The van der Waals surface area contributed by atoms with Crippen LogP contribution in [0.5, 0.6) is 0 Å². The maximum atomic E-state index is 12.5. The van der Waals surface area contributed by atoms with Gasteiger partial charge in [-0.25, -0.2) is 0 Å². The van der Waals surface area contributed by atoms with Crippen LogP contribution in [0, 0.1) is 13.8 Å². The lowest BCUT2D eigenvalue weighted by molar-refractivity contribution is 0.0992. The molecule has 158 valence electrons. The fourth-order valence-electron chi connectivity index (χ4n) is 3.13. The standard InChI is InChI=1S/C22H22N6O3/c1-14-12-15(2)28(25-14)13-18-8-9-20(31-18)22(30)24-17-6-4-16(5-7-17)23-21(29)19-10-11-27(3)26-19/h4-12H,13H2,1-3H3,(H,23,29)(H,24,30). The quantitative estimate of drug-likeness (QED) is 0.499. The number of carbonyl (C=O) groups excluding carboxylic acids is 2. The van der Waals surface area contributed by atoms with Crippen LogP contribution in [-0.4, -0.2) is 31.4 Å². The van der Waals surface area contributed by atoms with E-state index in [4.69, 9.17) is 4.42 Å². The summed E-state index contributed by atoms with van der Waals surface area (Å²) in [7, 11) is 1.75. The first-order valence-corrected chi connectivity index (χ1v) is 9.69.